The SMILES string of the molecule is CN(C)S(=O)(=O)N1CCN(C(=O)CC(=O)O)CC1. The number of aliphatic carboxylic acids is 1. The summed E-state index contributed by atoms with van der Waals surface area (Å²) in [5.41, 5.74) is 0. The van der Waals surface area contributed by atoms with E-state index >= 15 is 0 Å². The molecule has 0 atom stereocenters. The zero-order valence-electron chi connectivity index (χ0n) is 10.4. The minimum atomic E-state index is -3.46. The zero-order valence-corrected chi connectivity index (χ0v) is 11.2. The maximum absolute atomic E-state index is 11.8. The maximum Gasteiger partial charge on any atom is 0.312 e. The molecule has 1 fully saturated rings. The van der Waals surface area contributed by atoms with Crippen LogP contribution in [-0.2, 0) is 19.8 Å². The lowest BCUT2D eigenvalue weighted by molar-refractivity contribution is -0.144. The molecule has 1 aliphatic rings. The summed E-state index contributed by atoms with van der Waals surface area (Å²) < 4.78 is 26.0. The number of carboxylic acid groups (broad SMARTS) is 1. The van der Waals surface area contributed by atoms with Crippen LogP contribution in [-0.4, -0.2) is 79.2 Å². The van der Waals surface area contributed by atoms with E-state index in [1.807, 2.05) is 0 Å². The van der Waals surface area contributed by atoms with Crippen molar-refractivity contribution in [1.29, 1.82) is 0 Å². The lowest BCUT2D eigenvalue weighted by atomic mass is 10.3. The fourth-order valence-electron chi connectivity index (χ4n) is 1.64. The predicted octanol–water partition coefficient (Wildman–Crippen LogP) is -1.59. The molecule has 1 N–H and O–H groups in total. The van der Waals surface area contributed by atoms with E-state index in [0.29, 0.717) is 0 Å². The van der Waals surface area contributed by atoms with Gasteiger partial charge in [-0.3, -0.25) is 9.59 Å². The lowest BCUT2D eigenvalue weighted by Gasteiger charge is -2.34. The summed E-state index contributed by atoms with van der Waals surface area (Å²) in [5.74, 6) is -1.66. The molecule has 9 heteroatoms. The van der Waals surface area contributed by atoms with E-state index in [1.54, 1.807) is 0 Å². The number of carboxylic acids is 1. The van der Waals surface area contributed by atoms with Gasteiger partial charge in [0, 0.05) is 40.3 Å². The molecule has 0 unspecified atom stereocenters. The summed E-state index contributed by atoms with van der Waals surface area (Å²) in [4.78, 5) is 23.2. The van der Waals surface area contributed by atoms with Crippen LogP contribution in [0, 0.1) is 0 Å². The highest BCUT2D eigenvalue weighted by molar-refractivity contribution is 7.86. The van der Waals surface area contributed by atoms with Crippen molar-refractivity contribution in [2.45, 2.75) is 6.42 Å². The minimum Gasteiger partial charge on any atom is -0.481 e. The molecular formula is C9H17N3O5S. The van der Waals surface area contributed by atoms with Crippen LogP contribution in [0.5, 0.6) is 0 Å². The highest BCUT2D eigenvalue weighted by atomic mass is 32.2. The highest BCUT2D eigenvalue weighted by Crippen LogP contribution is 2.10. The van der Waals surface area contributed by atoms with Crippen molar-refractivity contribution in [1.82, 2.24) is 13.5 Å². The van der Waals surface area contributed by atoms with Gasteiger partial charge in [0.1, 0.15) is 6.42 Å². The molecule has 1 saturated heterocycles. The van der Waals surface area contributed by atoms with Gasteiger partial charge >= 0.3 is 5.97 Å². The Morgan fingerprint density at radius 3 is 2.06 bits per heavy atom. The summed E-state index contributed by atoms with van der Waals surface area (Å²) >= 11 is 0. The molecule has 104 valence electrons. The number of piperazine rings is 1. The van der Waals surface area contributed by atoms with Crippen molar-refractivity contribution >= 4 is 22.1 Å². The average molecular weight is 279 g/mol. The quantitative estimate of drug-likeness (QED) is 0.626. The number of rotatable bonds is 4. The van der Waals surface area contributed by atoms with Crippen molar-refractivity contribution in [2.75, 3.05) is 40.3 Å². The smallest absolute Gasteiger partial charge is 0.312 e. The van der Waals surface area contributed by atoms with Gasteiger partial charge in [-0.15, -0.1) is 0 Å². The highest BCUT2D eigenvalue weighted by Gasteiger charge is 2.30. The van der Waals surface area contributed by atoms with Crippen molar-refractivity contribution in [3.8, 4) is 0 Å². The standard InChI is InChI=1S/C9H17N3O5S/c1-10(2)18(16,17)12-5-3-11(4-6-12)8(13)7-9(14)15/h3-7H2,1-2H3,(H,14,15). The van der Waals surface area contributed by atoms with E-state index in [4.69, 9.17) is 5.11 Å². The Labute approximate surface area is 106 Å². The van der Waals surface area contributed by atoms with Gasteiger partial charge in [0.2, 0.25) is 5.91 Å². The predicted molar refractivity (Wildman–Crippen MR) is 63.0 cm³/mol. The Morgan fingerprint density at radius 1 is 1.17 bits per heavy atom. The number of nitrogens with zero attached hydrogens (tertiary/aromatic N) is 3. The third-order valence-electron chi connectivity index (χ3n) is 2.68. The first-order valence-corrected chi connectivity index (χ1v) is 6.82. The van der Waals surface area contributed by atoms with Crippen LogP contribution in [0.25, 0.3) is 0 Å². The van der Waals surface area contributed by atoms with E-state index in [2.05, 4.69) is 0 Å². The Bertz CT molecular complexity index is 425. The Kier molecular flexibility index (Phi) is 4.65. The average Bonchev–Trinajstić information content (AvgIpc) is 2.28. The van der Waals surface area contributed by atoms with Crippen LogP contribution in [0.2, 0.25) is 0 Å². The van der Waals surface area contributed by atoms with Gasteiger partial charge in [0.25, 0.3) is 10.2 Å². The fraction of sp³-hybridized carbons (Fsp3) is 0.778. The first kappa shape index (κ1) is 14.9. The van der Waals surface area contributed by atoms with Gasteiger partial charge < -0.3 is 10.0 Å². The van der Waals surface area contributed by atoms with E-state index in [-0.39, 0.29) is 26.2 Å². The maximum atomic E-state index is 11.8. The zero-order chi connectivity index (χ0) is 13.9. The molecule has 0 saturated carbocycles. The monoisotopic (exact) mass is 279 g/mol. The second kappa shape index (κ2) is 5.63. The molecule has 1 aliphatic heterocycles. The van der Waals surface area contributed by atoms with E-state index in [9.17, 15) is 18.0 Å². The van der Waals surface area contributed by atoms with Crippen molar-refractivity contribution in [3.63, 3.8) is 0 Å². The first-order valence-electron chi connectivity index (χ1n) is 5.42. The molecular weight excluding hydrogens is 262 g/mol. The van der Waals surface area contributed by atoms with Crippen molar-refractivity contribution in [3.05, 3.63) is 0 Å². The fourth-order valence-corrected chi connectivity index (χ4v) is 2.73. The first-order chi connectivity index (χ1) is 8.25. The normalized spacial score (nSPS) is 18.1. The van der Waals surface area contributed by atoms with Crippen LogP contribution in [0.15, 0.2) is 0 Å². The molecule has 1 rings (SSSR count). The van der Waals surface area contributed by atoms with Gasteiger partial charge in [0.05, 0.1) is 0 Å². The van der Waals surface area contributed by atoms with Crippen LogP contribution < -0.4 is 0 Å². The molecule has 0 aromatic rings. The van der Waals surface area contributed by atoms with E-state index in [0.717, 1.165) is 4.31 Å². The van der Waals surface area contributed by atoms with Crippen molar-refractivity contribution in [2.24, 2.45) is 0 Å². The van der Waals surface area contributed by atoms with Crippen LogP contribution in [0.4, 0.5) is 0 Å². The molecule has 0 aliphatic carbocycles. The largest absolute Gasteiger partial charge is 0.481 e. The number of amides is 1. The van der Waals surface area contributed by atoms with E-state index in [1.165, 1.54) is 23.3 Å². The van der Waals surface area contributed by atoms with Crippen LogP contribution in [0.3, 0.4) is 0 Å². The third-order valence-corrected chi connectivity index (χ3v) is 4.62. The summed E-state index contributed by atoms with van der Waals surface area (Å²) in [6.45, 7) is 0.816. The summed E-state index contributed by atoms with van der Waals surface area (Å²) in [7, 11) is -0.576. The Morgan fingerprint density at radius 2 is 1.67 bits per heavy atom. The van der Waals surface area contributed by atoms with Gasteiger partial charge in [-0.2, -0.15) is 17.0 Å². The summed E-state index contributed by atoms with van der Waals surface area (Å²) in [5, 5.41) is 8.51. The molecule has 0 aromatic heterocycles. The van der Waals surface area contributed by atoms with E-state index < -0.39 is 28.5 Å². The molecule has 1 heterocycles. The molecule has 0 aromatic carbocycles. The Balaban J connectivity index is 2.56. The van der Waals surface area contributed by atoms with Crippen molar-refractivity contribution < 1.29 is 23.1 Å². The summed E-state index contributed by atoms with van der Waals surface area (Å²) in [6.07, 6.45) is -0.555. The van der Waals surface area contributed by atoms with Gasteiger partial charge in [-0.25, -0.2) is 0 Å². The van der Waals surface area contributed by atoms with Gasteiger partial charge in [0.15, 0.2) is 0 Å². The third kappa shape index (κ3) is 3.40. The second-order valence-electron chi connectivity index (χ2n) is 4.14. The lowest BCUT2D eigenvalue weighted by Crippen LogP contribution is -2.53. The van der Waals surface area contributed by atoms with Crippen LogP contribution in [0.1, 0.15) is 6.42 Å². The molecule has 1 amide bonds. The number of hydrogen-bond donors (Lipinski definition) is 1. The number of carbonyl (C=O) groups excluding carboxylic acids is 1. The minimum absolute atomic E-state index is 0.186. The second-order valence-corrected chi connectivity index (χ2v) is 6.28. The molecule has 18 heavy (non-hydrogen) atoms. The summed E-state index contributed by atoms with van der Waals surface area (Å²) in [6, 6.07) is 0. The molecule has 0 radical (unpaired) electrons. The van der Waals surface area contributed by atoms with Gasteiger partial charge in [-0.1, -0.05) is 0 Å². The molecule has 8 nitrogen and oxygen atoms in total. The number of hydrogen-bond acceptors (Lipinski definition) is 4. The number of carbonyl (C=O) groups is 2. The molecule has 0 spiro atoms. The van der Waals surface area contributed by atoms with Crippen LogP contribution >= 0.6 is 0 Å². The van der Waals surface area contributed by atoms with Gasteiger partial charge in [-0.05, 0) is 0 Å². The topological polar surface area (TPSA) is 98.2 Å². The Hall–Kier alpha value is -1.19. The molecule has 0 bridgehead atoms.